The molecule has 0 aliphatic heterocycles. The van der Waals surface area contributed by atoms with Crippen LogP contribution in [-0.4, -0.2) is 6.61 Å². The van der Waals surface area contributed by atoms with Crippen LogP contribution in [0.4, 0.5) is 0 Å². The molecule has 0 heterocycles. The van der Waals surface area contributed by atoms with Gasteiger partial charge in [-0.05, 0) is 29.9 Å². The van der Waals surface area contributed by atoms with Crippen LogP contribution in [0.25, 0.3) is 0 Å². The third-order valence-corrected chi connectivity index (χ3v) is 2.24. The summed E-state index contributed by atoms with van der Waals surface area (Å²) in [5, 5.41) is 0. The van der Waals surface area contributed by atoms with Crippen LogP contribution in [0.5, 0.6) is 5.75 Å². The molecule has 15 heavy (non-hydrogen) atoms. The number of hydrogen-bond acceptors (Lipinski definition) is 1. The molecule has 0 N–H and O–H groups in total. The summed E-state index contributed by atoms with van der Waals surface area (Å²) >= 11 is 0. The molecule has 84 valence electrons. The number of benzene rings is 1. The first-order valence-electron chi connectivity index (χ1n) is 5.65. The van der Waals surface area contributed by atoms with Crippen LogP contribution in [0.1, 0.15) is 34.1 Å². The Labute approximate surface area is 93.5 Å². The fraction of sp³-hybridized carbons (Fsp3) is 0.571. The highest BCUT2D eigenvalue weighted by atomic mass is 16.5. The van der Waals surface area contributed by atoms with Gasteiger partial charge in [0.2, 0.25) is 0 Å². The van der Waals surface area contributed by atoms with Gasteiger partial charge in [0.15, 0.2) is 0 Å². The van der Waals surface area contributed by atoms with E-state index in [0.717, 1.165) is 12.4 Å². The molecule has 1 aromatic rings. The second kappa shape index (κ2) is 5.20. The van der Waals surface area contributed by atoms with Crippen molar-refractivity contribution in [3.8, 4) is 5.75 Å². The summed E-state index contributed by atoms with van der Waals surface area (Å²) in [5.74, 6) is 1.57. The van der Waals surface area contributed by atoms with Gasteiger partial charge in [-0.2, -0.15) is 0 Å². The molecule has 1 rings (SSSR count). The van der Waals surface area contributed by atoms with Crippen LogP contribution in [0.3, 0.4) is 0 Å². The van der Waals surface area contributed by atoms with Crippen molar-refractivity contribution in [3.05, 3.63) is 30.3 Å². The van der Waals surface area contributed by atoms with Crippen molar-refractivity contribution in [1.82, 2.24) is 0 Å². The quantitative estimate of drug-likeness (QED) is 0.719. The topological polar surface area (TPSA) is 9.23 Å². The van der Waals surface area contributed by atoms with Gasteiger partial charge in [-0.1, -0.05) is 45.9 Å². The first-order chi connectivity index (χ1) is 6.97. The average Bonchev–Trinajstić information content (AvgIpc) is 2.14. The van der Waals surface area contributed by atoms with E-state index in [2.05, 4.69) is 27.7 Å². The minimum Gasteiger partial charge on any atom is -0.493 e. The van der Waals surface area contributed by atoms with E-state index >= 15 is 0 Å². The second-order valence-corrected chi connectivity index (χ2v) is 5.49. The largest absolute Gasteiger partial charge is 0.493 e. The van der Waals surface area contributed by atoms with Crippen molar-refractivity contribution < 1.29 is 4.74 Å². The van der Waals surface area contributed by atoms with Crippen molar-refractivity contribution in [1.29, 1.82) is 0 Å². The zero-order valence-corrected chi connectivity index (χ0v) is 10.3. The number of rotatable bonds is 4. The van der Waals surface area contributed by atoms with Crippen molar-refractivity contribution >= 4 is 0 Å². The normalized spacial score (nSPS) is 13.6. The van der Waals surface area contributed by atoms with Crippen LogP contribution in [0.15, 0.2) is 30.3 Å². The molecule has 0 aliphatic carbocycles. The summed E-state index contributed by atoms with van der Waals surface area (Å²) in [5.41, 5.74) is 0.388. The van der Waals surface area contributed by atoms with Gasteiger partial charge in [-0.3, -0.25) is 0 Å². The van der Waals surface area contributed by atoms with E-state index in [9.17, 15) is 0 Å². The van der Waals surface area contributed by atoms with Gasteiger partial charge in [0, 0.05) is 0 Å². The van der Waals surface area contributed by atoms with Crippen molar-refractivity contribution in [3.63, 3.8) is 0 Å². The molecule has 0 bridgehead atoms. The highest BCUT2D eigenvalue weighted by Gasteiger charge is 2.15. The highest BCUT2D eigenvalue weighted by Crippen LogP contribution is 2.24. The molecule has 0 aliphatic rings. The third kappa shape index (κ3) is 5.46. The Morgan fingerprint density at radius 1 is 1.13 bits per heavy atom. The Morgan fingerprint density at radius 2 is 1.73 bits per heavy atom. The molecule has 0 saturated carbocycles. The maximum atomic E-state index is 5.71. The van der Waals surface area contributed by atoms with E-state index in [1.165, 1.54) is 6.42 Å². The lowest BCUT2D eigenvalue weighted by molar-refractivity contribution is 0.207. The molecular weight excluding hydrogens is 184 g/mol. The Balaban J connectivity index is 2.32. The van der Waals surface area contributed by atoms with Crippen LogP contribution in [0.2, 0.25) is 0 Å². The molecule has 0 radical (unpaired) electrons. The predicted octanol–water partition coefficient (Wildman–Crippen LogP) is 4.14. The maximum Gasteiger partial charge on any atom is 0.119 e. The fourth-order valence-corrected chi connectivity index (χ4v) is 1.86. The van der Waals surface area contributed by atoms with E-state index in [4.69, 9.17) is 4.74 Å². The Morgan fingerprint density at radius 3 is 2.27 bits per heavy atom. The Kier molecular flexibility index (Phi) is 4.19. The molecule has 1 atom stereocenters. The van der Waals surface area contributed by atoms with Crippen LogP contribution in [0, 0.1) is 11.3 Å². The average molecular weight is 206 g/mol. The minimum absolute atomic E-state index is 0.388. The summed E-state index contributed by atoms with van der Waals surface area (Å²) < 4.78 is 5.71. The zero-order valence-electron chi connectivity index (χ0n) is 10.3. The summed E-state index contributed by atoms with van der Waals surface area (Å²) in [6.07, 6.45) is 1.19. The van der Waals surface area contributed by atoms with Gasteiger partial charge >= 0.3 is 0 Å². The molecule has 0 spiro atoms. The minimum atomic E-state index is 0.388. The summed E-state index contributed by atoms with van der Waals surface area (Å²) in [6, 6.07) is 10.0. The monoisotopic (exact) mass is 206 g/mol. The molecule has 0 fully saturated rings. The number of ether oxygens (including phenoxy) is 1. The van der Waals surface area contributed by atoms with E-state index in [-0.39, 0.29) is 0 Å². The second-order valence-electron chi connectivity index (χ2n) is 5.49. The van der Waals surface area contributed by atoms with Gasteiger partial charge in [-0.15, -0.1) is 0 Å². The standard InChI is InChI=1S/C14H22O/c1-12(10-14(2,3)4)11-15-13-8-6-5-7-9-13/h5-9,12H,10-11H2,1-4H3. The van der Waals surface area contributed by atoms with Gasteiger partial charge in [0.05, 0.1) is 6.61 Å². The third-order valence-electron chi connectivity index (χ3n) is 2.24. The van der Waals surface area contributed by atoms with Crippen molar-refractivity contribution in [2.75, 3.05) is 6.61 Å². The predicted molar refractivity (Wildman–Crippen MR) is 65.2 cm³/mol. The SMILES string of the molecule is CC(COc1ccccc1)CC(C)(C)C. The van der Waals surface area contributed by atoms with Gasteiger partial charge in [0.25, 0.3) is 0 Å². The van der Waals surface area contributed by atoms with E-state index in [1.54, 1.807) is 0 Å². The lowest BCUT2D eigenvalue weighted by Crippen LogP contribution is -2.16. The molecular formula is C14H22O. The highest BCUT2D eigenvalue weighted by molar-refractivity contribution is 5.20. The number of hydrogen-bond donors (Lipinski definition) is 0. The molecule has 1 aromatic carbocycles. The fourth-order valence-electron chi connectivity index (χ4n) is 1.86. The van der Waals surface area contributed by atoms with Crippen LogP contribution >= 0.6 is 0 Å². The number of para-hydroxylation sites is 1. The molecule has 1 heteroatoms. The van der Waals surface area contributed by atoms with Crippen LogP contribution < -0.4 is 4.74 Å². The van der Waals surface area contributed by atoms with Gasteiger partial charge in [0.1, 0.15) is 5.75 Å². The summed E-state index contributed by atoms with van der Waals surface area (Å²) in [6.45, 7) is 9.86. The molecule has 0 amide bonds. The molecule has 1 unspecified atom stereocenters. The first kappa shape index (κ1) is 12.1. The zero-order chi connectivity index (χ0) is 11.3. The Hall–Kier alpha value is -0.980. The van der Waals surface area contributed by atoms with E-state index < -0.39 is 0 Å². The van der Waals surface area contributed by atoms with Crippen LogP contribution in [-0.2, 0) is 0 Å². The maximum absolute atomic E-state index is 5.71. The first-order valence-corrected chi connectivity index (χ1v) is 5.65. The van der Waals surface area contributed by atoms with Crippen molar-refractivity contribution in [2.24, 2.45) is 11.3 Å². The molecule has 1 nitrogen and oxygen atoms in total. The lowest BCUT2D eigenvalue weighted by Gasteiger charge is -2.23. The lowest BCUT2D eigenvalue weighted by atomic mass is 9.86. The van der Waals surface area contributed by atoms with E-state index in [1.807, 2.05) is 30.3 Å². The molecule has 0 aromatic heterocycles. The molecule has 0 saturated heterocycles. The summed E-state index contributed by atoms with van der Waals surface area (Å²) in [4.78, 5) is 0. The smallest absolute Gasteiger partial charge is 0.119 e. The Bertz CT molecular complexity index is 271. The van der Waals surface area contributed by atoms with Gasteiger partial charge in [-0.25, -0.2) is 0 Å². The van der Waals surface area contributed by atoms with Gasteiger partial charge < -0.3 is 4.74 Å². The van der Waals surface area contributed by atoms with Crippen molar-refractivity contribution in [2.45, 2.75) is 34.1 Å². The van der Waals surface area contributed by atoms with E-state index in [0.29, 0.717) is 11.3 Å². The summed E-state index contributed by atoms with van der Waals surface area (Å²) in [7, 11) is 0.